The maximum atomic E-state index is 13.1. The first kappa shape index (κ1) is 14.1. The van der Waals surface area contributed by atoms with Crippen LogP contribution in [0, 0.1) is 11.6 Å². The van der Waals surface area contributed by atoms with Gasteiger partial charge >= 0.3 is 0 Å². The van der Waals surface area contributed by atoms with Crippen molar-refractivity contribution in [3.8, 4) is 5.75 Å². The Morgan fingerprint density at radius 1 is 1.27 bits per heavy atom. The number of aromatic hydroxyl groups is 1. The van der Waals surface area contributed by atoms with Crippen LogP contribution in [0.4, 0.5) is 8.78 Å². The summed E-state index contributed by atoms with van der Waals surface area (Å²) in [6.45, 7) is -0.253. The molecule has 15 heavy (non-hydrogen) atoms. The van der Waals surface area contributed by atoms with Gasteiger partial charge in [-0.15, -0.1) is 12.4 Å². The second-order valence-electron chi connectivity index (χ2n) is 2.91. The molecule has 3 nitrogen and oxygen atoms in total. The lowest BCUT2D eigenvalue weighted by Gasteiger charge is -2.13. The molecular weight excluding hydrogens is 228 g/mol. The van der Waals surface area contributed by atoms with Gasteiger partial charge in [0.1, 0.15) is 5.82 Å². The molecule has 0 fully saturated rings. The highest BCUT2D eigenvalue weighted by Crippen LogP contribution is 2.29. The molecule has 4 N–H and O–H groups in total. The van der Waals surface area contributed by atoms with E-state index in [1.54, 1.807) is 0 Å². The standard InChI is InChI=1S/C9H11F2NO2.ClH/c10-5-1-2-6(11)9(14)8(5)7(12)3-4-13;/h1-2,7,13-14H,3-4,12H2;1H/t7-;/m1./s1. The SMILES string of the molecule is Cl.N[C@H](CCO)c1c(F)ccc(F)c1O. The zero-order valence-corrected chi connectivity index (χ0v) is 8.60. The predicted molar refractivity (Wildman–Crippen MR) is 53.9 cm³/mol. The van der Waals surface area contributed by atoms with Crippen LogP contribution >= 0.6 is 12.4 Å². The zero-order chi connectivity index (χ0) is 10.7. The van der Waals surface area contributed by atoms with Crippen LogP contribution in [-0.4, -0.2) is 16.8 Å². The van der Waals surface area contributed by atoms with Crippen LogP contribution in [0.1, 0.15) is 18.0 Å². The van der Waals surface area contributed by atoms with Crippen molar-refractivity contribution in [2.75, 3.05) is 6.61 Å². The smallest absolute Gasteiger partial charge is 0.165 e. The van der Waals surface area contributed by atoms with Gasteiger partial charge in [0.25, 0.3) is 0 Å². The highest BCUT2D eigenvalue weighted by Gasteiger charge is 2.18. The average molecular weight is 240 g/mol. The minimum atomic E-state index is -0.921. The quantitative estimate of drug-likeness (QED) is 0.748. The van der Waals surface area contributed by atoms with Gasteiger partial charge in [0.15, 0.2) is 11.6 Å². The molecule has 0 saturated heterocycles. The third-order valence-corrected chi connectivity index (χ3v) is 1.93. The molecule has 1 atom stereocenters. The molecule has 1 aromatic rings. The van der Waals surface area contributed by atoms with Crippen molar-refractivity contribution >= 4 is 12.4 Å². The molecule has 0 aliphatic carbocycles. The van der Waals surface area contributed by atoms with E-state index in [-0.39, 0.29) is 31.0 Å². The molecule has 0 unspecified atom stereocenters. The first-order chi connectivity index (χ1) is 6.57. The number of hydrogen-bond donors (Lipinski definition) is 3. The number of halogens is 3. The summed E-state index contributed by atoms with van der Waals surface area (Å²) < 4.78 is 25.9. The Bertz CT molecular complexity index is 336. The Kier molecular flexibility index (Phi) is 5.49. The fraction of sp³-hybridized carbons (Fsp3) is 0.333. The second-order valence-corrected chi connectivity index (χ2v) is 2.91. The third kappa shape index (κ3) is 3.02. The highest BCUT2D eigenvalue weighted by molar-refractivity contribution is 5.85. The number of phenolic OH excluding ortho intramolecular Hbond substituents is 1. The molecule has 0 amide bonds. The van der Waals surface area contributed by atoms with Crippen LogP contribution in [0.2, 0.25) is 0 Å². The van der Waals surface area contributed by atoms with Crippen molar-refractivity contribution in [2.45, 2.75) is 12.5 Å². The lowest BCUT2D eigenvalue weighted by atomic mass is 10.0. The number of hydrogen-bond acceptors (Lipinski definition) is 3. The molecule has 0 bridgehead atoms. The van der Waals surface area contributed by atoms with Gasteiger partial charge in [0, 0.05) is 18.2 Å². The van der Waals surface area contributed by atoms with Gasteiger partial charge < -0.3 is 15.9 Å². The second kappa shape index (κ2) is 5.85. The lowest BCUT2D eigenvalue weighted by Crippen LogP contribution is -2.14. The summed E-state index contributed by atoms with van der Waals surface area (Å²) in [6.07, 6.45) is 0.0634. The summed E-state index contributed by atoms with van der Waals surface area (Å²) in [5, 5.41) is 17.8. The van der Waals surface area contributed by atoms with Gasteiger partial charge in [-0.1, -0.05) is 0 Å². The Labute approximate surface area is 91.9 Å². The van der Waals surface area contributed by atoms with E-state index in [1.807, 2.05) is 0 Å². The van der Waals surface area contributed by atoms with Crippen LogP contribution in [0.25, 0.3) is 0 Å². The summed E-state index contributed by atoms with van der Waals surface area (Å²) in [5.74, 6) is -2.48. The van der Waals surface area contributed by atoms with E-state index < -0.39 is 23.4 Å². The normalized spacial score (nSPS) is 12.0. The number of phenols is 1. The highest BCUT2D eigenvalue weighted by atomic mass is 35.5. The van der Waals surface area contributed by atoms with Crippen LogP contribution < -0.4 is 5.73 Å². The fourth-order valence-electron chi connectivity index (χ4n) is 1.19. The topological polar surface area (TPSA) is 66.5 Å². The van der Waals surface area contributed by atoms with E-state index in [9.17, 15) is 13.9 Å². The van der Waals surface area contributed by atoms with E-state index >= 15 is 0 Å². The number of aliphatic hydroxyl groups is 1. The van der Waals surface area contributed by atoms with Gasteiger partial charge in [-0.05, 0) is 18.6 Å². The van der Waals surface area contributed by atoms with Crippen molar-refractivity contribution in [1.82, 2.24) is 0 Å². The molecule has 1 rings (SSSR count). The zero-order valence-electron chi connectivity index (χ0n) is 7.78. The Hall–Kier alpha value is -0.910. The van der Waals surface area contributed by atoms with Crippen molar-refractivity contribution in [2.24, 2.45) is 5.73 Å². The first-order valence-electron chi connectivity index (χ1n) is 4.11. The molecule has 0 aromatic heterocycles. The summed E-state index contributed by atoms with van der Waals surface area (Å²) in [7, 11) is 0. The van der Waals surface area contributed by atoms with Crippen molar-refractivity contribution in [3.05, 3.63) is 29.3 Å². The van der Waals surface area contributed by atoms with E-state index in [0.717, 1.165) is 12.1 Å². The molecule has 6 heteroatoms. The fourth-order valence-corrected chi connectivity index (χ4v) is 1.19. The van der Waals surface area contributed by atoms with Gasteiger partial charge in [-0.3, -0.25) is 0 Å². The van der Waals surface area contributed by atoms with Crippen LogP contribution in [0.5, 0.6) is 5.75 Å². The maximum absolute atomic E-state index is 13.1. The van der Waals surface area contributed by atoms with Crippen molar-refractivity contribution in [1.29, 1.82) is 0 Å². The number of rotatable bonds is 3. The number of nitrogens with two attached hydrogens (primary N) is 1. The van der Waals surface area contributed by atoms with Crippen LogP contribution in [0.15, 0.2) is 12.1 Å². The minimum Gasteiger partial charge on any atom is -0.505 e. The summed E-state index contributed by atoms with van der Waals surface area (Å²) in [5.41, 5.74) is 5.16. The lowest BCUT2D eigenvalue weighted by molar-refractivity contribution is 0.273. The maximum Gasteiger partial charge on any atom is 0.165 e. The number of benzene rings is 1. The molecule has 0 saturated carbocycles. The molecule has 0 spiro atoms. The minimum absolute atomic E-state index is 0. The van der Waals surface area contributed by atoms with Gasteiger partial charge in [0.05, 0.1) is 0 Å². The summed E-state index contributed by atoms with van der Waals surface area (Å²) >= 11 is 0. The predicted octanol–water partition coefficient (Wildman–Crippen LogP) is 1.47. The molecule has 0 aliphatic rings. The van der Waals surface area contributed by atoms with Gasteiger partial charge in [0.2, 0.25) is 0 Å². The van der Waals surface area contributed by atoms with Gasteiger partial charge in [-0.25, -0.2) is 8.78 Å². The largest absolute Gasteiger partial charge is 0.505 e. The molecule has 0 heterocycles. The monoisotopic (exact) mass is 239 g/mol. The number of aliphatic hydroxyl groups excluding tert-OH is 1. The third-order valence-electron chi connectivity index (χ3n) is 1.93. The van der Waals surface area contributed by atoms with Crippen molar-refractivity contribution < 1.29 is 19.0 Å². The molecule has 1 aromatic carbocycles. The molecule has 0 aliphatic heterocycles. The Morgan fingerprint density at radius 3 is 2.33 bits per heavy atom. The van der Waals surface area contributed by atoms with E-state index in [2.05, 4.69) is 0 Å². The van der Waals surface area contributed by atoms with Crippen LogP contribution in [0.3, 0.4) is 0 Å². The van der Waals surface area contributed by atoms with Gasteiger partial charge in [-0.2, -0.15) is 0 Å². The Morgan fingerprint density at radius 2 is 1.80 bits per heavy atom. The molecular formula is C9H12ClF2NO2. The summed E-state index contributed by atoms with van der Waals surface area (Å²) in [4.78, 5) is 0. The van der Waals surface area contributed by atoms with E-state index in [4.69, 9.17) is 10.8 Å². The average Bonchev–Trinajstić information content (AvgIpc) is 2.13. The molecule has 86 valence electrons. The Balaban J connectivity index is 0.00000196. The van der Waals surface area contributed by atoms with E-state index in [1.165, 1.54) is 0 Å². The van der Waals surface area contributed by atoms with E-state index in [0.29, 0.717) is 0 Å². The summed E-state index contributed by atoms with van der Waals surface area (Å²) in [6, 6.07) is 0.803. The van der Waals surface area contributed by atoms with Crippen molar-refractivity contribution in [3.63, 3.8) is 0 Å². The first-order valence-corrected chi connectivity index (χ1v) is 4.11. The van der Waals surface area contributed by atoms with Crippen LogP contribution in [-0.2, 0) is 0 Å². The molecule has 0 radical (unpaired) electrons.